The molecule has 0 saturated heterocycles. The lowest BCUT2D eigenvalue weighted by Crippen LogP contribution is -2.38. The van der Waals surface area contributed by atoms with E-state index in [1.807, 2.05) is 22.6 Å². The van der Waals surface area contributed by atoms with Gasteiger partial charge in [0, 0.05) is 5.88 Å². The Balaban J connectivity index is 2.26. The molecule has 2 rings (SSSR count). The van der Waals surface area contributed by atoms with Crippen LogP contribution in [0, 0.1) is 3.57 Å². The molecule has 0 atom stereocenters. The van der Waals surface area contributed by atoms with Crippen molar-refractivity contribution >= 4 is 40.0 Å². The highest BCUT2D eigenvalue weighted by atomic mass is 127. The zero-order valence-electron chi connectivity index (χ0n) is 8.72. The van der Waals surface area contributed by atoms with Crippen LogP contribution in [0.5, 0.6) is 0 Å². The molecule has 0 radical (unpaired) electrons. The quantitative estimate of drug-likeness (QED) is 0.648. The molecule has 0 spiro atoms. The maximum atomic E-state index is 11.4. The van der Waals surface area contributed by atoms with Crippen molar-refractivity contribution in [2.24, 2.45) is 0 Å². The summed E-state index contributed by atoms with van der Waals surface area (Å²) in [5, 5.41) is 3.34. The third-order valence-electron chi connectivity index (χ3n) is 3.00. The average Bonchev–Trinajstić information content (AvgIpc) is 2.74. The minimum Gasteiger partial charge on any atom is -0.362 e. The van der Waals surface area contributed by atoms with E-state index in [4.69, 9.17) is 11.6 Å². The minimum atomic E-state index is -0.110. The summed E-state index contributed by atoms with van der Waals surface area (Å²) in [6, 6.07) is 0. The number of hydrogen-bond donors (Lipinski definition) is 2. The average molecular weight is 354 g/mol. The molecule has 0 aromatic carbocycles. The van der Waals surface area contributed by atoms with Gasteiger partial charge in [0.15, 0.2) is 0 Å². The Morgan fingerprint density at radius 1 is 1.56 bits per heavy atom. The lowest BCUT2D eigenvalue weighted by molar-refractivity contribution is 0.536. The summed E-state index contributed by atoms with van der Waals surface area (Å²) >= 11 is 8.03. The molecule has 0 bridgehead atoms. The van der Waals surface area contributed by atoms with Crippen molar-refractivity contribution in [1.82, 2.24) is 9.97 Å². The highest BCUT2D eigenvalue weighted by Crippen LogP contribution is 2.34. The summed E-state index contributed by atoms with van der Waals surface area (Å²) in [6.45, 7) is 0. The fourth-order valence-corrected chi connectivity index (χ4v) is 2.83. The number of nitrogens with one attached hydrogen (secondary N) is 2. The molecule has 88 valence electrons. The summed E-state index contributed by atoms with van der Waals surface area (Å²) in [4.78, 5) is 18.1. The van der Waals surface area contributed by atoms with Gasteiger partial charge in [0.2, 0.25) is 0 Å². The number of anilines is 1. The van der Waals surface area contributed by atoms with Gasteiger partial charge in [-0.2, -0.15) is 0 Å². The van der Waals surface area contributed by atoms with Gasteiger partial charge in [-0.15, -0.1) is 11.6 Å². The number of alkyl halides is 1. The fraction of sp³-hybridized carbons (Fsp3) is 0.600. The Kier molecular flexibility index (Phi) is 3.73. The van der Waals surface area contributed by atoms with Gasteiger partial charge in [0.05, 0.1) is 11.9 Å². The van der Waals surface area contributed by atoms with E-state index in [9.17, 15) is 4.79 Å². The molecule has 1 aromatic rings. The molecular formula is C10H13ClIN3O. The predicted molar refractivity (Wildman–Crippen MR) is 73.1 cm³/mol. The second kappa shape index (κ2) is 4.91. The first kappa shape index (κ1) is 12.2. The molecule has 1 aliphatic rings. The maximum absolute atomic E-state index is 11.4. The van der Waals surface area contributed by atoms with E-state index < -0.39 is 0 Å². The van der Waals surface area contributed by atoms with Gasteiger partial charge in [-0.05, 0) is 35.4 Å². The fourth-order valence-electron chi connectivity index (χ4n) is 2.07. The van der Waals surface area contributed by atoms with Gasteiger partial charge < -0.3 is 10.3 Å². The Morgan fingerprint density at radius 3 is 2.88 bits per heavy atom. The van der Waals surface area contributed by atoms with E-state index in [2.05, 4.69) is 15.3 Å². The van der Waals surface area contributed by atoms with Gasteiger partial charge >= 0.3 is 0 Å². The van der Waals surface area contributed by atoms with Crippen molar-refractivity contribution < 1.29 is 0 Å². The van der Waals surface area contributed by atoms with Crippen molar-refractivity contribution in [2.75, 3.05) is 11.2 Å². The summed E-state index contributed by atoms with van der Waals surface area (Å²) in [5.74, 6) is 1.20. The van der Waals surface area contributed by atoms with Gasteiger partial charge in [0.25, 0.3) is 5.56 Å². The van der Waals surface area contributed by atoms with Gasteiger partial charge in [0.1, 0.15) is 9.39 Å². The number of aromatic nitrogens is 2. The second-order valence-corrected chi connectivity index (χ2v) is 5.49. The van der Waals surface area contributed by atoms with Crippen LogP contribution in [0.2, 0.25) is 0 Å². The molecule has 1 fully saturated rings. The van der Waals surface area contributed by atoms with Crippen LogP contribution in [0.15, 0.2) is 11.1 Å². The standard InChI is InChI=1S/C10H13ClIN3O/c11-5-10(3-1-2-4-10)15-8-7(12)9(16)14-6-13-8/h6H,1-5H2,(H2,13,14,15,16). The number of H-pyrrole nitrogens is 1. The van der Waals surface area contributed by atoms with E-state index in [1.165, 1.54) is 19.2 Å². The number of rotatable bonds is 3. The van der Waals surface area contributed by atoms with E-state index in [-0.39, 0.29) is 11.1 Å². The Labute approximate surface area is 112 Å². The van der Waals surface area contributed by atoms with Crippen LogP contribution in [-0.2, 0) is 0 Å². The second-order valence-electron chi connectivity index (χ2n) is 4.14. The van der Waals surface area contributed by atoms with E-state index in [1.54, 1.807) is 0 Å². The number of hydrogen-bond acceptors (Lipinski definition) is 3. The molecule has 16 heavy (non-hydrogen) atoms. The summed E-state index contributed by atoms with van der Waals surface area (Å²) in [5.41, 5.74) is -0.191. The van der Waals surface area contributed by atoms with Gasteiger partial charge in [-0.3, -0.25) is 4.79 Å². The summed E-state index contributed by atoms with van der Waals surface area (Å²) < 4.78 is 0.594. The lowest BCUT2D eigenvalue weighted by Gasteiger charge is -2.28. The summed E-state index contributed by atoms with van der Waals surface area (Å²) in [7, 11) is 0. The van der Waals surface area contributed by atoms with E-state index in [0.717, 1.165) is 12.8 Å². The molecule has 1 heterocycles. The molecule has 1 aliphatic carbocycles. The molecule has 0 unspecified atom stereocenters. The maximum Gasteiger partial charge on any atom is 0.266 e. The molecule has 1 aromatic heterocycles. The van der Waals surface area contributed by atoms with Crippen molar-refractivity contribution in [3.8, 4) is 0 Å². The lowest BCUT2D eigenvalue weighted by atomic mass is 10.0. The predicted octanol–water partition coefficient (Wildman–Crippen LogP) is 2.34. The minimum absolute atomic E-state index is 0.0811. The number of nitrogens with zero attached hydrogens (tertiary/aromatic N) is 1. The molecule has 1 saturated carbocycles. The van der Waals surface area contributed by atoms with Crippen LogP contribution in [-0.4, -0.2) is 21.4 Å². The van der Waals surface area contributed by atoms with Crippen LogP contribution < -0.4 is 10.9 Å². The molecule has 6 heteroatoms. The molecule has 2 N–H and O–H groups in total. The third-order valence-corrected chi connectivity index (χ3v) is 4.51. The van der Waals surface area contributed by atoms with Crippen LogP contribution in [0.25, 0.3) is 0 Å². The zero-order valence-corrected chi connectivity index (χ0v) is 11.6. The van der Waals surface area contributed by atoms with Crippen LogP contribution in [0.1, 0.15) is 25.7 Å². The highest BCUT2D eigenvalue weighted by molar-refractivity contribution is 14.1. The topological polar surface area (TPSA) is 57.8 Å². The smallest absolute Gasteiger partial charge is 0.266 e. The first-order valence-electron chi connectivity index (χ1n) is 5.24. The third kappa shape index (κ3) is 2.34. The molecule has 4 nitrogen and oxygen atoms in total. The normalized spacial score (nSPS) is 18.6. The van der Waals surface area contributed by atoms with Crippen LogP contribution in [0.4, 0.5) is 5.82 Å². The van der Waals surface area contributed by atoms with Gasteiger partial charge in [-0.1, -0.05) is 12.8 Å². The Bertz CT molecular complexity index is 428. The molecule has 0 aliphatic heterocycles. The zero-order chi connectivity index (χ0) is 11.6. The SMILES string of the molecule is O=c1[nH]cnc(NC2(CCl)CCCC2)c1I. The highest BCUT2D eigenvalue weighted by Gasteiger charge is 2.33. The largest absolute Gasteiger partial charge is 0.362 e. The van der Waals surface area contributed by atoms with E-state index >= 15 is 0 Å². The summed E-state index contributed by atoms with van der Waals surface area (Å²) in [6.07, 6.45) is 5.87. The molecular weight excluding hydrogens is 340 g/mol. The van der Waals surface area contributed by atoms with Crippen molar-refractivity contribution in [3.05, 3.63) is 20.3 Å². The number of halogens is 2. The van der Waals surface area contributed by atoms with Crippen molar-refractivity contribution in [3.63, 3.8) is 0 Å². The van der Waals surface area contributed by atoms with Crippen molar-refractivity contribution in [1.29, 1.82) is 0 Å². The van der Waals surface area contributed by atoms with E-state index in [0.29, 0.717) is 15.3 Å². The first-order valence-corrected chi connectivity index (χ1v) is 6.85. The van der Waals surface area contributed by atoms with Gasteiger partial charge in [-0.25, -0.2) is 4.98 Å². The first-order chi connectivity index (χ1) is 7.67. The number of aromatic amines is 1. The monoisotopic (exact) mass is 353 g/mol. The van der Waals surface area contributed by atoms with Crippen molar-refractivity contribution in [2.45, 2.75) is 31.2 Å². The van der Waals surface area contributed by atoms with Crippen LogP contribution >= 0.6 is 34.2 Å². The Morgan fingerprint density at radius 2 is 2.25 bits per heavy atom. The van der Waals surface area contributed by atoms with Crippen LogP contribution in [0.3, 0.4) is 0 Å². The molecule has 0 amide bonds. The Hall–Kier alpha value is -0.300.